The van der Waals surface area contributed by atoms with Gasteiger partial charge < -0.3 is 5.73 Å². The average Bonchev–Trinajstić information content (AvgIpc) is 2.48. The van der Waals surface area contributed by atoms with Crippen LogP contribution in [0.25, 0.3) is 0 Å². The van der Waals surface area contributed by atoms with Crippen LogP contribution in [0.15, 0.2) is 12.4 Å². The largest absolute Gasteiger partial charge is 0.351 e. The maximum absolute atomic E-state index is 11.2. The molecule has 0 bridgehead atoms. The van der Waals surface area contributed by atoms with Gasteiger partial charge >= 0.3 is 16.2 Å². The number of primary amides is 1. The first-order chi connectivity index (χ1) is 7.30. The van der Waals surface area contributed by atoms with E-state index in [2.05, 4.69) is 9.82 Å². The van der Waals surface area contributed by atoms with Gasteiger partial charge in [-0.3, -0.25) is 9.40 Å². The molecule has 1 aromatic rings. The van der Waals surface area contributed by atoms with Crippen molar-refractivity contribution in [2.75, 3.05) is 4.72 Å². The van der Waals surface area contributed by atoms with Crippen LogP contribution < -0.4 is 15.2 Å². The highest BCUT2D eigenvalue weighted by Gasteiger charge is 2.13. The topological polar surface area (TPSA) is 119 Å². The Morgan fingerprint density at radius 1 is 1.56 bits per heavy atom. The maximum atomic E-state index is 11.2. The molecule has 0 aliphatic heterocycles. The first-order valence-electron chi connectivity index (χ1n) is 4.44. The number of carbonyl (C=O) groups is 1. The molecule has 0 saturated carbocycles. The molecule has 0 radical (unpaired) electrons. The second-order valence-corrected chi connectivity index (χ2v) is 4.79. The second-order valence-electron chi connectivity index (χ2n) is 3.37. The van der Waals surface area contributed by atoms with Crippen molar-refractivity contribution in [1.29, 1.82) is 0 Å². The number of hydrogen-bond acceptors (Lipinski definition) is 4. The van der Waals surface area contributed by atoms with Gasteiger partial charge in [0.05, 0.1) is 11.9 Å². The third-order valence-electron chi connectivity index (χ3n) is 1.62. The Morgan fingerprint density at radius 2 is 2.19 bits per heavy atom. The summed E-state index contributed by atoms with van der Waals surface area (Å²) in [7, 11) is -3.97. The number of hydrogen-bond donors (Lipinski definition) is 3. The third kappa shape index (κ3) is 3.42. The van der Waals surface area contributed by atoms with Gasteiger partial charge in [-0.2, -0.15) is 13.5 Å². The molecule has 0 atom stereocenters. The predicted molar refractivity (Wildman–Crippen MR) is 57.9 cm³/mol. The van der Waals surface area contributed by atoms with Gasteiger partial charge in [-0.25, -0.2) is 9.52 Å². The van der Waals surface area contributed by atoms with E-state index in [0.717, 1.165) is 0 Å². The van der Waals surface area contributed by atoms with Crippen LogP contribution in [0.4, 0.5) is 10.5 Å². The molecule has 8 nitrogen and oxygen atoms in total. The van der Waals surface area contributed by atoms with E-state index < -0.39 is 16.2 Å². The van der Waals surface area contributed by atoms with Crippen LogP contribution >= 0.6 is 0 Å². The molecule has 0 fully saturated rings. The normalized spacial score (nSPS) is 11.4. The smallest absolute Gasteiger partial charge is 0.327 e. The highest BCUT2D eigenvalue weighted by Crippen LogP contribution is 2.10. The van der Waals surface area contributed by atoms with E-state index in [1.165, 1.54) is 12.4 Å². The van der Waals surface area contributed by atoms with Crippen LogP contribution in [-0.2, 0) is 10.2 Å². The molecule has 4 N–H and O–H groups in total. The van der Waals surface area contributed by atoms with Crippen LogP contribution in [0.2, 0.25) is 0 Å². The average molecular weight is 247 g/mol. The van der Waals surface area contributed by atoms with Crippen molar-refractivity contribution in [2.45, 2.75) is 19.9 Å². The standard InChI is InChI=1S/C7H13N5O3S/c1-5(2)12-4-6(3-9-12)10-16(14,15)11-7(8)13/h3-5,10H,1-2H3,(H3,8,11,13). The Bertz CT molecular complexity index is 478. The van der Waals surface area contributed by atoms with Gasteiger partial charge in [-0.15, -0.1) is 0 Å². The molecule has 0 aliphatic carbocycles. The molecule has 1 heterocycles. The molecule has 1 rings (SSSR count). The van der Waals surface area contributed by atoms with E-state index >= 15 is 0 Å². The summed E-state index contributed by atoms with van der Waals surface area (Å²) in [5, 5.41) is 3.92. The number of urea groups is 1. The number of amides is 2. The van der Waals surface area contributed by atoms with Gasteiger partial charge in [0.2, 0.25) is 0 Å². The molecule has 0 aromatic carbocycles. The van der Waals surface area contributed by atoms with E-state index in [0.29, 0.717) is 0 Å². The molecule has 9 heteroatoms. The zero-order chi connectivity index (χ0) is 12.3. The fraction of sp³-hybridized carbons (Fsp3) is 0.429. The molecule has 1 aromatic heterocycles. The lowest BCUT2D eigenvalue weighted by Gasteiger charge is -2.05. The fourth-order valence-corrected chi connectivity index (χ4v) is 1.72. The van der Waals surface area contributed by atoms with Gasteiger partial charge in [0.1, 0.15) is 0 Å². The SMILES string of the molecule is CC(C)n1cc(NS(=O)(=O)NC(N)=O)cn1. The van der Waals surface area contributed by atoms with Crippen LogP contribution in [0.1, 0.15) is 19.9 Å². The monoisotopic (exact) mass is 247 g/mol. The van der Waals surface area contributed by atoms with Crippen molar-refractivity contribution in [3.63, 3.8) is 0 Å². The molecule has 16 heavy (non-hydrogen) atoms. The highest BCUT2D eigenvalue weighted by molar-refractivity contribution is 7.91. The Balaban J connectivity index is 2.76. The van der Waals surface area contributed by atoms with Crippen LogP contribution in [0.5, 0.6) is 0 Å². The first-order valence-corrected chi connectivity index (χ1v) is 5.92. The summed E-state index contributed by atoms with van der Waals surface area (Å²) in [6, 6.07) is -1.04. The number of carbonyl (C=O) groups excluding carboxylic acids is 1. The Morgan fingerprint density at radius 3 is 2.62 bits per heavy atom. The summed E-state index contributed by atoms with van der Waals surface area (Å²) in [5.41, 5.74) is 4.95. The lowest BCUT2D eigenvalue weighted by atomic mass is 10.4. The lowest BCUT2D eigenvalue weighted by Crippen LogP contribution is -2.38. The molecule has 2 amide bonds. The van der Waals surface area contributed by atoms with Crippen LogP contribution in [0.3, 0.4) is 0 Å². The van der Waals surface area contributed by atoms with Crippen molar-refractivity contribution in [1.82, 2.24) is 14.5 Å². The fourth-order valence-electron chi connectivity index (χ4n) is 0.986. The molecular formula is C7H13N5O3S. The Kier molecular flexibility index (Phi) is 3.38. The Labute approximate surface area is 93.0 Å². The van der Waals surface area contributed by atoms with Gasteiger partial charge in [0, 0.05) is 12.2 Å². The Hall–Kier alpha value is -1.77. The van der Waals surface area contributed by atoms with Crippen molar-refractivity contribution in [2.24, 2.45) is 5.73 Å². The zero-order valence-corrected chi connectivity index (χ0v) is 9.65. The number of nitrogens with two attached hydrogens (primary N) is 1. The molecule has 0 aliphatic rings. The van der Waals surface area contributed by atoms with E-state index in [1.807, 2.05) is 13.8 Å². The van der Waals surface area contributed by atoms with E-state index in [9.17, 15) is 13.2 Å². The number of nitrogens with one attached hydrogen (secondary N) is 2. The number of aromatic nitrogens is 2. The summed E-state index contributed by atoms with van der Waals surface area (Å²) >= 11 is 0. The van der Waals surface area contributed by atoms with Crippen molar-refractivity contribution in [3.8, 4) is 0 Å². The van der Waals surface area contributed by atoms with Gasteiger partial charge in [0.15, 0.2) is 0 Å². The van der Waals surface area contributed by atoms with Crippen molar-refractivity contribution < 1.29 is 13.2 Å². The quantitative estimate of drug-likeness (QED) is 0.681. The number of nitrogens with zero attached hydrogens (tertiary/aromatic N) is 2. The van der Waals surface area contributed by atoms with Gasteiger partial charge in [0.25, 0.3) is 0 Å². The van der Waals surface area contributed by atoms with Gasteiger partial charge in [-0.1, -0.05) is 0 Å². The molecule has 90 valence electrons. The minimum absolute atomic E-state index is 0.113. The van der Waals surface area contributed by atoms with E-state index in [1.54, 1.807) is 9.40 Å². The summed E-state index contributed by atoms with van der Waals surface area (Å²) in [4.78, 5) is 10.4. The molecule has 0 spiro atoms. The number of anilines is 1. The summed E-state index contributed by atoms with van der Waals surface area (Å²) in [6.07, 6.45) is 2.84. The molecular weight excluding hydrogens is 234 g/mol. The van der Waals surface area contributed by atoms with Crippen molar-refractivity contribution >= 4 is 21.9 Å². The summed E-state index contributed by atoms with van der Waals surface area (Å²) in [5.74, 6) is 0. The predicted octanol–water partition coefficient (Wildman–Crippen LogP) is -0.211. The van der Waals surface area contributed by atoms with Gasteiger partial charge in [-0.05, 0) is 13.8 Å². The maximum Gasteiger partial charge on any atom is 0.327 e. The van der Waals surface area contributed by atoms with Crippen LogP contribution in [-0.4, -0.2) is 24.2 Å². The van der Waals surface area contributed by atoms with E-state index in [-0.39, 0.29) is 11.7 Å². The second kappa shape index (κ2) is 4.39. The number of rotatable bonds is 4. The third-order valence-corrected chi connectivity index (χ3v) is 2.59. The van der Waals surface area contributed by atoms with Crippen LogP contribution in [0, 0.1) is 0 Å². The van der Waals surface area contributed by atoms with Crippen molar-refractivity contribution in [3.05, 3.63) is 12.4 Å². The zero-order valence-electron chi connectivity index (χ0n) is 8.84. The summed E-state index contributed by atoms with van der Waals surface area (Å²) < 4.78 is 27.7. The minimum Gasteiger partial charge on any atom is -0.351 e. The molecule has 0 saturated heterocycles. The first kappa shape index (κ1) is 12.3. The highest BCUT2D eigenvalue weighted by atomic mass is 32.2. The lowest BCUT2D eigenvalue weighted by molar-refractivity contribution is 0.253. The minimum atomic E-state index is -3.97. The van der Waals surface area contributed by atoms with E-state index in [4.69, 9.17) is 5.73 Å². The molecule has 0 unspecified atom stereocenters. The summed E-state index contributed by atoms with van der Waals surface area (Å²) in [6.45, 7) is 3.79.